The van der Waals surface area contributed by atoms with Crippen LogP contribution < -0.4 is 5.32 Å². The maximum absolute atomic E-state index is 12.5. The molecule has 1 N–H and O–H groups in total. The predicted octanol–water partition coefficient (Wildman–Crippen LogP) is 2.73. The van der Waals surface area contributed by atoms with Crippen LogP contribution in [0.1, 0.15) is 27.4 Å². The number of rotatable bonds is 3. The lowest BCUT2D eigenvalue weighted by Gasteiger charge is -2.10. The van der Waals surface area contributed by atoms with Crippen LogP contribution in [0.2, 0.25) is 0 Å². The summed E-state index contributed by atoms with van der Waals surface area (Å²) in [4.78, 5) is 19.4. The van der Waals surface area contributed by atoms with Crippen LogP contribution in [0, 0.1) is 6.92 Å². The van der Waals surface area contributed by atoms with Crippen molar-refractivity contribution in [3.8, 4) is 0 Å². The van der Waals surface area contributed by atoms with Crippen LogP contribution in [0.5, 0.6) is 0 Å². The zero-order chi connectivity index (χ0) is 15.5. The van der Waals surface area contributed by atoms with Crippen LogP contribution in [0.15, 0.2) is 36.5 Å². The Hall–Kier alpha value is -2.44. The Balaban J connectivity index is 2.09. The molecule has 21 heavy (non-hydrogen) atoms. The number of carbonyl (C=O) groups is 1. The molecule has 110 valence electrons. The summed E-state index contributed by atoms with van der Waals surface area (Å²) in [7, 11) is 0. The number of halogens is 3. The van der Waals surface area contributed by atoms with Gasteiger partial charge in [-0.3, -0.25) is 9.78 Å². The molecule has 0 aliphatic heterocycles. The lowest BCUT2D eigenvalue weighted by atomic mass is 10.1. The molecular formula is C14H12F3N3O. The summed E-state index contributed by atoms with van der Waals surface area (Å²) >= 11 is 0. The van der Waals surface area contributed by atoms with Crippen molar-refractivity contribution in [1.82, 2.24) is 15.3 Å². The van der Waals surface area contributed by atoms with Gasteiger partial charge < -0.3 is 5.32 Å². The van der Waals surface area contributed by atoms with Gasteiger partial charge in [-0.05, 0) is 31.2 Å². The Labute approximate surface area is 119 Å². The van der Waals surface area contributed by atoms with E-state index in [-0.39, 0.29) is 17.8 Å². The van der Waals surface area contributed by atoms with Crippen LogP contribution >= 0.6 is 0 Å². The van der Waals surface area contributed by atoms with Crippen molar-refractivity contribution in [2.24, 2.45) is 0 Å². The maximum atomic E-state index is 12.5. The molecule has 0 radical (unpaired) electrons. The topological polar surface area (TPSA) is 54.9 Å². The highest BCUT2D eigenvalue weighted by molar-refractivity contribution is 5.95. The number of hydrogen-bond acceptors (Lipinski definition) is 3. The second kappa shape index (κ2) is 5.90. The van der Waals surface area contributed by atoms with Crippen molar-refractivity contribution in [3.63, 3.8) is 0 Å². The minimum absolute atomic E-state index is 0.0309. The summed E-state index contributed by atoms with van der Waals surface area (Å²) in [5, 5.41) is 2.59. The molecule has 0 aliphatic rings. The maximum Gasteiger partial charge on any atom is 0.433 e. The number of amides is 1. The quantitative estimate of drug-likeness (QED) is 0.947. The number of nitrogens with one attached hydrogen (secondary N) is 1. The summed E-state index contributed by atoms with van der Waals surface area (Å²) in [6.45, 7) is 1.56. The van der Waals surface area contributed by atoms with Gasteiger partial charge in [-0.15, -0.1) is 0 Å². The van der Waals surface area contributed by atoms with Crippen molar-refractivity contribution in [3.05, 3.63) is 59.2 Å². The SMILES string of the molecule is Cc1nc(C(F)(F)F)ccc1C(=O)NCc1ccccn1. The Bertz CT molecular complexity index is 642. The van der Waals surface area contributed by atoms with E-state index in [9.17, 15) is 18.0 Å². The number of aryl methyl sites for hydroxylation is 1. The number of nitrogens with zero attached hydrogens (tertiary/aromatic N) is 2. The van der Waals surface area contributed by atoms with Gasteiger partial charge in [0.2, 0.25) is 0 Å². The second-order valence-electron chi connectivity index (χ2n) is 4.33. The van der Waals surface area contributed by atoms with Gasteiger partial charge in [0.1, 0.15) is 5.69 Å². The molecule has 2 rings (SSSR count). The van der Waals surface area contributed by atoms with E-state index in [1.54, 1.807) is 24.4 Å². The molecule has 0 atom stereocenters. The van der Waals surface area contributed by atoms with Gasteiger partial charge in [0.25, 0.3) is 5.91 Å². The van der Waals surface area contributed by atoms with E-state index < -0.39 is 17.8 Å². The summed E-state index contributed by atoms with van der Waals surface area (Å²) in [5.41, 5.74) is -0.216. The molecule has 0 unspecified atom stereocenters. The fraction of sp³-hybridized carbons (Fsp3) is 0.214. The van der Waals surface area contributed by atoms with E-state index in [1.165, 1.54) is 6.92 Å². The van der Waals surface area contributed by atoms with E-state index in [0.717, 1.165) is 12.1 Å². The van der Waals surface area contributed by atoms with Gasteiger partial charge in [-0.25, -0.2) is 4.98 Å². The van der Waals surface area contributed by atoms with Crippen molar-refractivity contribution in [1.29, 1.82) is 0 Å². The number of pyridine rings is 2. The summed E-state index contributed by atoms with van der Waals surface area (Å²) in [6, 6.07) is 7.18. The molecule has 2 aromatic rings. The Kier molecular flexibility index (Phi) is 4.21. The largest absolute Gasteiger partial charge is 0.433 e. The fourth-order valence-corrected chi connectivity index (χ4v) is 1.73. The first-order valence-corrected chi connectivity index (χ1v) is 6.11. The predicted molar refractivity (Wildman–Crippen MR) is 69.4 cm³/mol. The van der Waals surface area contributed by atoms with Gasteiger partial charge in [0.05, 0.1) is 23.5 Å². The Morgan fingerprint density at radius 1 is 1.24 bits per heavy atom. The van der Waals surface area contributed by atoms with Crippen LogP contribution in [0.4, 0.5) is 13.2 Å². The second-order valence-corrected chi connectivity index (χ2v) is 4.33. The van der Waals surface area contributed by atoms with Crippen molar-refractivity contribution in [2.75, 3.05) is 0 Å². The first-order chi connectivity index (χ1) is 9.88. The third-order valence-corrected chi connectivity index (χ3v) is 2.78. The highest BCUT2D eigenvalue weighted by atomic mass is 19.4. The lowest BCUT2D eigenvalue weighted by Crippen LogP contribution is -2.25. The molecular weight excluding hydrogens is 283 g/mol. The molecule has 0 aliphatic carbocycles. The highest BCUT2D eigenvalue weighted by Crippen LogP contribution is 2.28. The third kappa shape index (κ3) is 3.77. The number of aromatic nitrogens is 2. The minimum atomic E-state index is -4.52. The molecule has 7 heteroatoms. The molecule has 4 nitrogen and oxygen atoms in total. The molecule has 0 saturated carbocycles. The van der Waals surface area contributed by atoms with Gasteiger partial charge in [0, 0.05) is 6.20 Å². The van der Waals surface area contributed by atoms with Crippen molar-refractivity contribution >= 4 is 5.91 Å². The molecule has 0 bridgehead atoms. The normalized spacial score (nSPS) is 11.2. The molecule has 0 aromatic carbocycles. The van der Waals surface area contributed by atoms with Gasteiger partial charge >= 0.3 is 6.18 Å². The number of carbonyl (C=O) groups excluding carboxylic acids is 1. The zero-order valence-corrected chi connectivity index (χ0v) is 11.1. The molecule has 2 aromatic heterocycles. The summed E-state index contributed by atoms with van der Waals surface area (Å²) < 4.78 is 37.5. The first-order valence-electron chi connectivity index (χ1n) is 6.11. The summed E-state index contributed by atoms with van der Waals surface area (Å²) in [5.74, 6) is -0.487. The first kappa shape index (κ1) is 15.0. The average molecular weight is 295 g/mol. The summed E-state index contributed by atoms with van der Waals surface area (Å²) in [6.07, 6.45) is -2.93. The molecule has 2 heterocycles. The average Bonchev–Trinajstić information content (AvgIpc) is 2.45. The Morgan fingerprint density at radius 2 is 2.00 bits per heavy atom. The van der Waals surface area contributed by atoms with E-state index >= 15 is 0 Å². The van der Waals surface area contributed by atoms with Gasteiger partial charge in [-0.2, -0.15) is 13.2 Å². The van der Waals surface area contributed by atoms with Crippen molar-refractivity contribution < 1.29 is 18.0 Å². The Morgan fingerprint density at radius 3 is 2.57 bits per heavy atom. The number of alkyl halides is 3. The number of hydrogen-bond donors (Lipinski definition) is 1. The van der Waals surface area contributed by atoms with E-state index in [2.05, 4.69) is 15.3 Å². The van der Waals surface area contributed by atoms with Crippen LogP contribution in [-0.4, -0.2) is 15.9 Å². The van der Waals surface area contributed by atoms with Gasteiger partial charge in [0.15, 0.2) is 0 Å². The van der Waals surface area contributed by atoms with Crippen LogP contribution in [0.3, 0.4) is 0 Å². The third-order valence-electron chi connectivity index (χ3n) is 2.78. The molecule has 1 amide bonds. The molecule has 0 fully saturated rings. The lowest BCUT2D eigenvalue weighted by molar-refractivity contribution is -0.141. The van der Waals surface area contributed by atoms with E-state index in [0.29, 0.717) is 5.69 Å². The molecule has 0 spiro atoms. The van der Waals surface area contributed by atoms with Crippen molar-refractivity contribution in [2.45, 2.75) is 19.6 Å². The van der Waals surface area contributed by atoms with Crippen LogP contribution in [0.25, 0.3) is 0 Å². The monoisotopic (exact) mass is 295 g/mol. The fourth-order valence-electron chi connectivity index (χ4n) is 1.73. The van der Waals surface area contributed by atoms with E-state index in [1.807, 2.05) is 0 Å². The highest BCUT2D eigenvalue weighted by Gasteiger charge is 2.33. The van der Waals surface area contributed by atoms with E-state index in [4.69, 9.17) is 0 Å². The van der Waals surface area contributed by atoms with Crippen LogP contribution in [-0.2, 0) is 12.7 Å². The standard InChI is InChI=1S/C14H12F3N3O/c1-9-11(5-6-12(20-9)14(15,16)17)13(21)19-8-10-4-2-3-7-18-10/h2-7H,8H2,1H3,(H,19,21). The van der Waals surface area contributed by atoms with Gasteiger partial charge in [-0.1, -0.05) is 6.07 Å². The smallest absolute Gasteiger partial charge is 0.346 e. The minimum Gasteiger partial charge on any atom is -0.346 e. The zero-order valence-electron chi connectivity index (χ0n) is 11.1. The molecule has 0 saturated heterocycles.